The summed E-state index contributed by atoms with van der Waals surface area (Å²) in [6, 6.07) is 27.1. The molecule has 1 aliphatic rings. The number of carbonyl (C=O) groups is 4. The lowest BCUT2D eigenvalue weighted by Gasteiger charge is -2.16. The molecule has 2 heterocycles. The van der Waals surface area contributed by atoms with Gasteiger partial charge in [0.15, 0.2) is 6.10 Å². The molecule has 0 bridgehead atoms. The van der Waals surface area contributed by atoms with Gasteiger partial charge in [0.05, 0.1) is 33.6 Å². The smallest absolute Gasteiger partial charge is 0.339 e. The number of nitrogens with zero attached hydrogens (tertiary/aromatic N) is 2. The molecule has 0 spiro atoms. The minimum absolute atomic E-state index is 0.229. The minimum Gasteiger partial charge on any atom is -0.451 e. The maximum Gasteiger partial charge on any atom is 0.339 e. The first-order chi connectivity index (χ1) is 20.2. The van der Waals surface area contributed by atoms with Crippen molar-refractivity contribution >= 4 is 51.8 Å². The summed E-state index contributed by atoms with van der Waals surface area (Å²) >= 11 is 6.40. The van der Waals surface area contributed by atoms with Gasteiger partial charge in [-0.05, 0) is 55.8 Å². The van der Waals surface area contributed by atoms with Gasteiger partial charge in [0.25, 0.3) is 11.8 Å². The molecule has 1 aromatic heterocycles. The summed E-state index contributed by atoms with van der Waals surface area (Å²) < 4.78 is 5.63. The van der Waals surface area contributed by atoms with Crippen molar-refractivity contribution in [3.8, 4) is 11.3 Å². The third-order valence-corrected chi connectivity index (χ3v) is 7.72. The van der Waals surface area contributed by atoms with Crippen LogP contribution in [0.15, 0.2) is 97.1 Å². The van der Waals surface area contributed by atoms with Gasteiger partial charge in [-0.3, -0.25) is 14.4 Å². The molecular weight excluding hydrogens is 552 g/mol. The summed E-state index contributed by atoms with van der Waals surface area (Å²) in [6.45, 7) is 3.35. The molecule has 0 fully saturated rings. The number of anilines is 1. The van der Waals surface area contributed by atoms with Crippen LogP contribution in [0.3, 0.4) is 0 Å². The number of ketones is 1. The van der Waals surface area contributed by atoms with Crippen molar-refractivity contribution in [3.05, 3.63) is 130 Å². The van der Waals surface area contributed by atoms with Gasteiger partial charge in [-0.1, -0.05) is 72.3 Å². The number of hydrogen-bond acceptors (Lipinski definition) is 6. The zero-order chi connectivity index (χ0) is 29.5. The quantitative estimate of drug-likeness (QED) is 0.122. The number of imide groups is 1. The molecule has 2 amide bonds. The molecule has 0 N–H and O–H groups in total. The summed E-state index contributed by atoms with van der Waals surface area (Å²) in [5.74, 6) is -1.77. The third-order valence-electron chi connectivity index (χ3n) is 7.31. The van der Waals surface area contributed by atoms with E-state index >= 15 is 0 Å². The van der Waals surface area contributed by atoms with E-state index in [2.05, 4.69) is 0 Å². The van der Waals surface area contributed by atoms with E-state index in [1.165, 1.54) is 6.92 Å². The van der Waals surface area contributed by atoms with E-state index in [4.69, 9.17) is 21.3 Å². The van der Waals surface area contributed by atoms with E-state index in [1.807, 2.05) is 6.92 Å². The van der Waals surface area contributed by atoms with E-state index in [9.17, 15) is 19.2 Å². The number of halogens is 1. The number of hydrogen-bond donors (Lipinski definition) is 0. The molecule has 0 radical (unpaired) electrons. The fraction of sp³-hybridized carbons (Fsp3) is 0.0882. The van der Waals surface area contributed by atoms with Crippen LogP contribution in [-0.4, -0.2) is 34.7 Å². The monoisotopic (exact) mass is 574 g/mol. The van der Waals surface area contributed by atoms with Gasteiger partial charge in [0, 0.05) is 21.5 Å². The van der Waals surface area contributed by atoms with Crippen LogP contribution in [0.2, 0.25) is 5.02 Å². The summed E-state index contributed by atoms with van der Waals surface area (Å²) in [5.41, 5.74) is 4.09. The first-order valence-corrected chi connectivity index (χ1v) is 13.6. The highest BCUT2D eigenvalue weighted by atomic mass is 35.5. The highest BCUT2D eigenvalue weighted by molar-refractivity contribution is 6.34. The Morgan fingerprint density at radius 2 is 1.45 bits per heavy atom. The second-order valence-electron chi connectivity index (χ2n) is 9.94. The number of Topliss-reactive ketones (excluding diaryl/α,β-unsaturated/α-hetero) is 1. The van der Waals surface area contributed by atoms with Crippen LogP contribution in [0.5, 0.6) is 0 Å². The van der Waals surface area contributed by atoms with Gasteiger partial charge in [0.2, 0.25) is 5.78 Å². The molecular formula is C34H23ClN2O5. The molecule has 1 aliphatic heterocycles. The number of amides is 2. The molecule has 0 saturated heterocycles. The number of pyridine rings is 1. The summed E-state index contributed by atoms with van der Waals surface area (Å²) in [7, 11) is 0. The zero-order valence-electron chi connectivity index (χ0n) is 22.6. The minimum atomic E-state index is -1.01. The Hall–Kier alpha value is -5.14. The molecule has 4 aromatic carbocycles. The van der Waals surface area contributed by atoms with Crippen LogP contribution in [0.4, 0.5) is 5.69 Å². The van der Waals surface area contributed by atoms with Crippen LogP contribution in [0.25, 0.3) is 22.2 Å². The fourth-order valence-corrected chi connectivity index (χ4v) is 5.19. The normalized spacial score (nSPS) is 13.3. The second-order valence-corrected chi connectivity index (χ2v) is 10.3. The lowest BCUT2D eigenvalue weighted by Crippen LogP contribution is -2.29. The van der Waals surface area contributed by atoms with Crippen LogP contribution >= 0.6 is 11.6 Å². The Labute approximate surface area is 246 Å². The predicted molar refractivity (Wildman–Crippen MR) is 160 cm³/mol. The van der Waals surface area contributed by atoms with E-state index in [0.717, 1.165) is 4.90 Å². The number of aryl methyl sites for hydroxylation is 1. The predicted octanol–water partition coefficient (Wildman–Crippen LogP) is 7.09. The largest absolute Gasteiger partial charge is 0.451 e. The second kappa shape index (κ2) is 10.7. The van der Waals surface area contributed by atoms with E-state index in [1.54, 1.807) is 97.1 Å². The van der Waals surface area contributed by atoms with Crippen LogP contribution in [0, 0.1) is 6.92 Å². The molecule has 0 aliphatic carbocycles. The first-order valence-electron chi connectivity index (χ1n) is 13.2. The van der Waals surface area contributed by atoms with E-state index in [-0.39, 0.29) is 23.2 Å². The number of esters is 1. The molecule has 8 heteroatoms. The molecule has 5 aromatic rings. The summed E-state index contributed by atoms with van der Waals surface area (Å²) in [6.07, 6.45) is -1.01. The van der Waals surface area contributed by atoms with Gasteiger partial charge in [-0.2, -0.15) is 0 Å². The Kier molecular flexibility index (Phi) is 6.88. The Morgan fingerprint density at radius 1 is 0.833 bits per heavy atom. The molecule has 6 rings (SSSR count). The SMILES string of the molecule is Cc1c(Cl)ccc2c(C(=O)OC(C)C(=O)c3ccccc3)cc(-c3ccc(N4C(=O)c5ccccc5C4=O)cc3)nc12. The lowest BCUT2D eigenvalue weighted by atomic mass is 10.0. The van der Waals surface area contributed by atoms with Crippen molar-refractivity contribution in [3.63, 3.8) is 0 Å². The number of ether oxygens (including phenoxy) is 1. The maximum atomic E-state index is 13.5. The molecule has 0 saturated carbocycles. The summed E-state index contributed by atoms with van der Waals surface area (Å²) in [5, 5.41) is 1.02. The molecule has 1 atom stereocenters. The van der Waals surface area contributed by atoms with Gasteiger partial charge in [-0.25, -0.2) is 14.7 Å². The molecule has 42 heavy (non-hydrogen) atoms. The van der Waals surface area contributed by atoms with Crippen molar-refractivity contribution in [1.82, 2.24) is 4.98 Å². The number of aromatic nitrogens is 1. The molecule has 7 nitrogen and oxygen atoms in total. The van der Waals surface area contributed by atoms with Gasteiger partial charge in [0.1, 0.15) is 0 Å². The van der Waals surface area contributed by atoms with Crippen molar-refractivity contribution in [2.75, 3.05) is 4.90 Å². The van der Waals surface area contributed by atoms with Crippen LogP contribution < -0.4 is 4.90 Å². The topological polar surface area (TPSA) is 93.6 Å². The number of benzene rings is 4. The van der Waals surface area contributed by atoms with Crippen LogP contribution in [-0.2, 0) is 4.74 Å². The maximum absolute atomic E-state index is 13.5. The third kappa shape index (κ3) is 4.63. The van der Waals surface area contributed by atoms with E-state index in [0.29, 0.717) is 55.1 Å². The number of rotatable bonds is 6. The van der Waals surface area contributed by atoms with Gasteiger partial charge < -0.3 is 4.74 Å². The Bertz CT molecular complexity index is 1880. The van der Waals surface area contributed by atoms with Crippen LogP contribution in [0.1, 0.15) is 53.9 Å². The van der Waals surface area contributed by atoms with Gasteiger partial charge >= 0.3 is 5.97 Å². The Morgan fingerprint density at radius 3 is 2.10 bits per heavy atom. The number of carbonyl (C=O) groups excluding carboxylic acids is 4. The van der Waals surface area contributed by atoms with Crippen molar-refractivity contribution in [2.24, 2.45) is 0 Å². The van der Waals surface area contributed by atoms with Gasteiger partial charge in [-0.15, -0.1) is 0 Å². The average molecular weight is 575 g/mol. The van der Waals surface area contributed by atoms with Crippen molar-refractivity contribution < 1.29 is 23.9 Å². The van der Waals surface area contributed by atoms with Crippen molar-refractivity contribution in [1.29, 1.82) is 0 Å². The summed E-state index contributed by atoms with van der Waals surface area (Å²) in [4.78, 5) is 58.1. The molecule has 206 valence electrons. The Balaban J connectivity index is 1.35. The zero-order valence-corrected chi connectivity index (χ0v) is 23.4. The highest BCUT2D eigenvalue weighted by Gasteiger charge is 2.36. The molecule has 1 unspecified atom stereocenters. The standard InChI is InChI=1S/C34H23ClN2O5/c1-19-28(35)17-16-24-27(34(41)42-20(2)31(38)22-8-4-3-5-9-22)18-29(36-30(19)24)21-12-14-23(15-13-21)37-32(39)25-10-6-7-11-26(25)33(37)40/h3-18,20H,1-2H3. The first kappa shape index (κ1) is 27.1. The lowest BCUT2D eigenvalue weighted by molar-refractivity contribution is 0.0320. The number of fused-ring (bicyclic) bond motifs is 2. The highest BCUT2D eigenvalue weighted by Crippen LogP contribution is 2.33. The van der Waals surface area contributed by atoms with Crippen molar-refractivity contribution in [2.45, 2.75) is 20.0 Å². The fourth-order valence-electron chi connectivity index (χ4n) is 5.04. The van der Waals surface area contributed by atoms with E-state index < -0.39 is 12.1 Å². The average Bonchev–Trinajstić information content (AvgIpc) is 3.27.